The van der Waals surface area contributed by atoms with Crippen molar-refractivity contribution < 1.29 is 0 Å². The molecule has 0 atom stereocenters. The molecule has 0 aliphatic rings. The molecule has 0 heteroatoms. The second-order valence-electron chi connectivity index (χ2n) is 4.26. The van der Waals surface area contributed by atoms with Gasteiger partial charge in [-0.15, -0.1) is 0 Å². The second kappa shape index (κ2) is 7.05. The summed E-state index contributed by atoms with van der Waals surface area (Å²) in [6.45, 7) is 10.5. The lowest BCUT2D eigenvalue weighted by Gasteiger charge is -2.09. The normalized spacial score (nSPS) is 10.1. The number of unbranched alkanes of at least 4 members (excludes halogenated alkanes) is 3. The third-order valence-electron chi connectivity index (χ3n) is 2.88. The van der Waals surface area contributed by atoms with Crippen LogP contribution in [0, 0.1) is 0 Å². The van der Waals surface area contributed by atoms with Crippen molar-refractivity contribution in [1.82, 2.24) is 0 Å². The molecule has 0 unspecified atom stereocenters. The van der Waals surface area contributed by atoms with Crippen LogP contribution in [0.4, 0.5) is 0 Å². The fraction of sp³-hybridized carbons (Fsp3) is 0.375. The third kappa shape index (κ3) is 4.06. The van der Waals surface area contributed by atoms with Crippen molar-refractivity contribution in [3.05, 3.63) is 54.6 Å². The minimum atomic E-state index is 1.08. The average molecular weight is 214 g/mol. The highest BCUT2D eigenvalue weighted by atomic mass is 14.1. The maximum Gasteiger partial charge on any atom is -0.0187 e. The summed E-state index contributed by atoms with van der Waals surface area (Å²) in [6.07, 6.45) is 6.22. The lowest BCUT2D eigenvalue weighted by molar-refractivity contribution is 0.669. The van der Waals surface area contributed by atoms with E-state index in [2.05, 4.69) is 32.2 Å². The number of benzene rings is 1. The van der Waals surface area contributed by atoms with Crippen molar-refractivity contribution in [2.45, 2.75) is 39.0 Å². The van der Waals surface area contributed by atoms with Gasteiger partial charge in [0.1, 0.15) is 0 Å². The van der Waals surface area contributed by atoms with E-state index in [1.807, 2.05) is 18.2 Å². The summed E-state index contributed by atoms with van der Waals surface area (Å²) >= 11 is 0. The fourth-order valence-corrected chi connectivity index (χ4v) is 1.76. The van der Waals surface area contributed by atoms with Gasteiger partial charge in [0, 0.05) is 0 Å². The Kier molecular flexibility index (Phi) is 5.63. The van der Waals surface area contributed by atoms with E-state index in [1.54, 1.807) is 0 Å². The summed E-state index contributed by atoms with van der Waals surface area (Å²) in [5.74, 6) is 0. The number of rotatable bonds is 7. The smallest absolute Gasteiger partial charge is 0.0187 e. The molecule has 1 aromatic rings. The Balaban J connectivity index is 2.40. The van der Waals surface area contributed by atoms with Gasteiger partial charge in [-0.3, -0.25) is 0 Å². The summed E-state index contributed by atoms with van der Waals surface area (Å²) < 4.78 is 0. The van der Waals surface area contributed by atoms with Gasteiger partial charge in [-0.25, -0.2) is 0 Å². The molecule has 1 rings (SSSR count). The molecule has 86 valence electrons. The zero-order valence-electron chi connectivity index (χ0n) is 10.3. The predicted molar refractivity (Wildman–Crippen MR) is 73.4 cm³/mol. The Bertz CT molecular complexity index is 332. The molecule has 0 N–H and O–H groups in total. The first-order valence-corrected chi connectivity index (χ1v) is 6.18. The molecule has 0 heterocycles. The van der Waals surface area contributed by atoms with Crippen LogP contribution in [0.1, 0.15) is 44.6 Å². The standard InChI is InChI=1S/C16H22/c1-4-5-6-8-11-14(2)15(3)16-12-9-7-10-13-16/h7,9-10,12-13H,2-6,8,11H2,1H3. The van der Waals surface area contributed by atoms with Crippen molar-refractivity contribution in [2.75, 3.05) is 0 Å². The van der Waals surface area contributed by atoms with Crippen LogP contribution in [-0.4, -0.2) is 0 Å². The van der Waals surface area contributed by atoms with E-state index in [0.717, 1.165) is 12.0 Å². The molecule has 0 saturated heterocycles. The zero-order chi connectivity index (χ0) is 11.8. The monoisotopic (exact) mass is 214 g/mol. The van der Waals surface area contributed by atoms with Crippen LogP contribution in [0.25, 0.3) is 5.57 Å². The van der Waals surface area contributed by atoms with Gasteiger partial charge in [-0.1, -0.05) is 69.7 Å². The Labute approximate surface area is 99.7 Å². The molecule has 0 nitrogen and oxygen atoms in total. The first-order valence-electron chi connectivity index (χ1n) is 6.18. The van der Waals surface area contributed by atoms with Crippen LogP contribution in [0.15, 0.2) is 49.1 Å². The largest absolute Gasteiger partial charge is 0.0952 e. The van der Waals surface area contributed by atoms with Crippen LogP contribution >= 0.6 is 0 Å². The molecule has 0 amide bonds. The average Bonchev–Trinajstić information content (AvgIpc) is 2.34. The van der Waals surface area contributed by atoms with Crippen LogP contribution in [0.2, 0.25) is 0 Å². The summed E-state index contributed by atoms with van der Waals surface area (Å²) in [7, 11) is 0. The Morgan fingerprint density at radius 2 is 1.69 bits per heavy atom. The quantitative estimate of drug-likeness (QED) is 0.431. The van der Waals surface area contributed by atoms with Crippen molar-refractivity contribution in [3.8, 4) is 0 Å². The topological polar surface area (TPSA) is 0 Å². The highest BCUT2D eigenvalue weighted by molar-refractivity contribution is 5.76. The van der Waals surface area contributed by atoms with Gasteiger partial charge in [-0.05, 0) is 29.6 Å². The molecule has 0 spiro atoms. The summed E-state index contributed by atoms with van der Waals surface area (Å²) in [5, 5.41) is 0. The van der Waals surface area contributed by atoms with E-state index in [9.17, 15) is 0 Å². The van der Waals surface area contributed by atoms with Crippen LogP contribution in [0.5, 0.6) is 0 Å². The lowest BCUT2D eigenvalue weighted by Crippen LogP contribution is -1.88. The van der Waals surface area contributed by atoms with Gasteiger partial charge >= 0.3 is 0 Å². The Morgan fingerprint density at radius 1 is 1.00 bits per heavy atom. The Hall–Kier alpha value is -1.30. The molecule has 0 radical (unpaired) electrons. The number of allylic oxidation sites excluding steroid dienone is 2. The van der Waals surface area contributed by atoms with E-state index < -0.39 is 0 Å². The van der Waals surface area contributed by atoms with E-state index in [-0.39, 0.29) is 0 Å². The third-order valence-corrected chi connectivity index (χ3v) is 2.88. The molecule has 1 aromatic carbocycles. The van der Waals surface area contributed by atoms with Gasteiger partial charge in [-0.2, -0.15) is 0 Å². The van der Waals surface area contributed by atoms with Gasteiger partial charge in [0.2, 0.25) is 0 Å². The Morgan fingerprint density at radius 3 is 2.31 bits per heavy atom. The van der Waals surface area contributed by atoms with E-state index >= 15 is 0 Å². The van der Waals surface area contributed by atoms with Crippen molar-refractivity contribution >= 4 is 5.57 Å². The van der Waals surface area contributed by atoms with Crippen LogP contribution in [0.3, 0.4) is 0 Å². The predicted octanol–water partition coefficient (Wildman–Crippen LogP) is 5.23. The highest BCUT2D eigenvalue weighted by Gasteiger charge is 2.02. The molecular formula is C16H22. The number of hydrogen-bond donors (Lipinski definition) is 0. The maximum absolute atomic E-state index is 4.13. The minimum Gasteiger partial charge on any atom is -0.0952 e. The minimum absolute atomic E-state index is 1.08. The van der Waals surface area contributed by atoms with Crippen LogP contribution in [-0.2, 0) is 0 Å². The molecule has 0 aliphatic heterocycles. The summed E-state index contributed by atoms with van der Waals surface area (Å²) in [5.41, 5.74) is 3.47. The van der Waals surface area contributed by atoms with Crippen molar-refractivity contribution in [2.24, 2.45) is 0 Å². The van der Waals surface area contributed by atoms with Gasteiger partial charge < -0.3 is 0 Å². The second-order valence-corrected chi connectivity index (χ2v) is 4.26. The molecule has 0 aromatic heterocycles. The van der Waals surface area contributed by atoms with Crippen molar-refractivity contribution in [1.29, 1.82) is 0 Å². The maximum atomic E-state index is 4.13. The van der Waals surface area contributed by atoms with E-state index in [4.69, 9.17) is 0 Å². The van der Waals surface area contributed by atoms with Crippen molar-refractivity contribution in [3.63, 3.8) is 0 Å². The van der Waals surface area contributed by atoms with Gasteiger partial charge in [0.15, 0.2) is 0 Å². The van der Waals surface area contributed by atoms with E-state index in [0.29, 0.717) is 0 Å². The fourth-order valence-electron chi connectivity index (χ4n) is 1.76. The zero-order valence-corrected chi connectivity index (χ0v) is 10.3. The summed E-state index contributed by atoms with van der Waals surface area (Å²) in [6, 6.07) is 10.3. The van der Waals surface area contributed by atoms with Crippen LogP contribution < -0.4 is 0 Å². The van der Waals surface area contributed by atoms with Gasteiger partial charge in [0.05, 0.1) is 0 Å². The highest BCUT2D eigenvalue weighted by Crippen LogP contribution is 2.23. The SMILES string of the molecule is C=C(CCCCCC)C(=C)c1ccccc1. The number of hydrogen-bond acceptors (Lipinski definition) is 0. The van der Waals surface area contributed by atoms with Gasteiger partial charge in [0.25, 0.3) is 0 Å². The molecule has 0 fully saturated rings. The molecule has 16 heavy (non-hydrogen) atoms. The molecule has 0 bridgehead atoms. The molecular weight excluding hydrogens is 192 g/mol. The lowest BCUT2D eigenvalue weighted by atomic mass is 9.96. The first-order chi connectivity index (χ1) is 7.75. The first kappa shape index (κ1) is 12.8. The summed E-state index contributed by atoms with van der Waals surface area (Å²) in [4.78, 5) is 0. The molecule has 0 aliphatic carbocycles. The van der Waals surface area contributed by atoms with E-state index in [1.165, 1.54) is 36.8 Å². The molecule has 0 saturated carbocycles.